The Labute approximate surface area is 106 Å². The van der Waals surface area contributed by atoms with Crippen molar-refractivity contribution in [1.82, 2.24) is 0 Å². The molecule has 90 valence electrons. The molecule has 1 heterocycles. The van der Waals surface area contributed by atoms with Crippen molar-refractivity contribution >= 4 is 33.7 Å². The number of carbonyl (C=O) groups excluding carboxylic acids is 1. The maximum absolute atomic E-state index is 11.6. The summed E-state index contributed by atoms with van der Waals surface area (Å²) in [5.41, 5.74) is 0.626. The molecule has 1 fully saturated rings. The number of anilines is 1. The second-order valence-electron chi connectivity index (χ2n) is 3.65. The molecule has 1 saturated heterocycles. The molecule has 1 amide bonds. The van der Waals surface area contributed by atoms with E-state index >= 15 is 0 Å². The van der Waals surface area contributed by atoms with Gasteiger partial charge in [0.2, 0.25) is 0 Å². The fourth-order valence-electron chi connectivity index (χ4n) is 1.75. The molecule has 1 unspecified atom stereocenters. The molecular formula is C11H10BrNO4. The van der Waals surface area contributed by atoms with E-state index in [0.29, 0.717) is 5.69 Å². The zero-order valence-electron chi connectivity index (χ0n) is 8.80. The van der Waals surface area contributed by atoms with Crippen LogP contribution in [0.25, 0.3) is 0 Å². The van der Waals surface area contributed by atoms with Crippen LogP contribution in [0, 0.1) is 0 Å². The summed E-state index contributed by atoms with van der Waals surface area (Å²) in [7, 11) is 0. The summed E-state index contributed by atoms with van der Waals surface area (Å²) in [5, 5.41) is 8.79. The highest BCUT2D eigenvalue weighted by Crippen LogP contribution is 2.31. The van der Waals surface area contributed by atoms with Gasteiger partial charge in [-0.25, -0.2) is 4.79 Å². The number of carboxylic acid groups (broad SMARTS) is 1. The molecule has 0 bridgehead atoms. The molecule has 5 nitrogen and oxygen atoms in total. The molecule has 1 N–H and O–H groups in total. The Morgan fingerprint density at radius 3 is 2.88 bits per heavy atom. The normalized spacial score (nSPS) is 19.2. The number of cyclic esters (lactones) is 1. The summed E-state index contributed by atoms with van der Waals surface area (Å²) < 4.78 is 5.62. The van der Waals surface area contributed by atoms with E-state index in [9.17, 15) is 9.59 Å². The fraction of sp³-hybridized carbons (Fsp3) is 0.273. The molecule has 1 aliphatic heterocycles. The molecule has 2 rings (SSSR count). The molecule has 0 aromatic heterocycles. The number of halogens is 1. The average Bonchev–Trinajstić information content (AvgIpc) is 2.60. The van der Waals surface area contributed by atoms with E-state index in [1.165, 1.54) is 4.90 Å². The molecule has 0 saturated carbocycles. The van der Waals surface area contributed by atoms with Gasteiger partial charge in [0.15, 0.2) is 0 Å². The van der Waals surface area contributed by atoms with E-state index in [-0.39, 0.29) is 13.0 Å². The highest BCUT2D eigenvalue weighted by Gasteiger charge is 2.36. The Morgan fingerprint density at radius 2 is 2.24 bits per heavy atom. The lowest BCUT2D eigenvalue weighted by Crippen LogP contribution is -2.35. The SMILES string of the molecule is O=C(O)CC1COC(=O)N1c1ccccc1Br. The minimum atomic E-state index is -0.953. The largest absolute Gasteiger partial charge is 0.481 e. The summed E-state index contributed by atoms with van der Waals surface area (Å²) in [4.78, 5) is 23.7. The predicted octanol–water partition coefficient (Wildman–Crippen LogP) is 2.25. The van der Waals surface area contributed by atoms with E-state index in [0.717, 1.165) is 4.47 Å². The molecule has 1 atom stereocenters. The fourth-order valence-corrected chi connectivity index (χ4v) is 2.23. The topological polar surface area (TPSA) is 66.8 Å². The number of amides is 1. The number of rotatable bonds is 3. The van der Waals surface area contributed by atoms with Gasteiger partial charge in [-0.05, 0) is 28.1 Å². The monoisotopic (exact) mass is 299 g/mol. The van der Waals surface area contributed by atoms with Crippen molar-refractivity contribution in [2.75, 3.05) is 11.5 Å². The number of carbonyl (C=O) groups is 2. The van der Waals surface area contributed by atoms with Crippen molar-refractivity contribution in [3.8, 4) is 0 Å². The molecule has 1 aromatic rings. The Bertz CT molecular complexity index is 463. The zero-order valence-corrected chi connectivity index (χ0v) is 10.4. The summed E-state index contributed by atoms with van der Waals surface area (Å²) in [6, 6.07) is 6.67. The van der Waals surface area contributed by atoms with Gasteiger partial charge in [0.25, 0.3) is 0 Å². The predicted molar refractivity (Wildman–Crippen MR) is 64.0 cm³/mol. The van der Waals surface area contributed by atoms with E-state index in [1.54, 1.807) is 18.2 Å². The molecule has 1 aromatic carbocycles. The lowest BCUT2D eigenvalue weighted by molar-refractivity contribution is -0.137. The summed E-state index contributed by atoms with van der Waals surface area (Å²) >= 11 is 3.33. The van der Waals surface area contributed by atoms with Gasteiger partial charge in [-0.2, -0.15) is 0 Å². The molecular weight excluding hydrogens is 290 g/mol. The highest BCUT2D eigenvalue weighted by molar-refractivity contribution is 9.10. The summed E-state index contributed by atoms with van der Waals surface area (Å²) in [5.74, 6) is -0.953. The van der Waals surface area contributed by atoms with Crippen LogP contribution in [-0.2, 0) is 9.53 Å². The van der Waals surface area contributed by atoms with Crippen molar-refractivity contribution in [3.63, 3.8) is 0 Å². The third-order valence-electron chi connectivity index (χ3n) is 2.48. The molecule has 0 spiro atoms. The van der Waals surface area contributed by atoms with E-state index in [2.05, 4.69) is 15.9 Å². The van der Waals surface area contributed by atoms with Crippen LogP contribution in [0.15, 0.2) is 28.7 Å². The van der Waals surface area contributed by atoms with Crippen molar-refractivity contribution < 1.29 is 19.4 Å². The van der Waals surface area contributed by atoms with E-state index < -0.39 is 18.1 Å². The first-order valence-corrected chi connectivity index (χ1v) is 5.81. The van der Waals surface area contributed by atoms with Crippen LogP contribution in [0.5, 0.6) is 0 Å². The number of hydrogen-bond donors (Lipinski definition) is 1. The van der Waals surface area contributed by atoms with Gasteiger partial charge in [-0.3, -0.25) is 9.69 Å². The number of benzene rings is 1. The van der Waals surface area contributed by atoms with Gasteiger partial charge in [-0.1, -0.05) is 12.1 Å². The third kappa shape index (κ3) is 2.41. The first-order chi connectivity index (χ1) is 8.09. The molecule has 6 heteroatoms. The highest BCUT2D eigenvalue weighted by atomic mass is 79.9. The van der Waals surface area contributed by atoms with Crippen LogP contribution in [0.1, 0.15) is 6.42 Å². The quantitative estimate of drug-likeness (QED) is 0.929. The molecule has 1 aliphatic rings. The first-order valence-electron chi connectivity index (χ1n) is 5.02. The second-order valence-corrected chi connectivity index (χ2v) is 4.50. The van der Waals surface area contributed by atoms with Crippen molar-refractivity contribution in [2.45, 2.75) is 12.5 Å². The lowest BCUT2D eigenvalue weighted by Gasteiger charge is -2.21. The van der Waals surface area contributed by atoms with Gasteiger partial charge in [0.1, 0.15) is 6.61 Å². The van der Waals surface area contributed by atoms with Crippen LogP contribution >= 0.6 is 15.9 Å². The van der Waals surface area contributed by atoms with Crippen LogP contribution in [0.2, 0.25) is 0 Å². The van der Waals surface area contributed by atoms with Gasteiger partial charge in [0, 0.05) is 4.47 Å². The Kier molecular flexibility index (Phi) is 3.33. The number of aliphatic carboxylic acids is 1. The maximum Gasteiger partial charge on any atom is 0.414 e. The van der Waals surface area contributed by atoms with Gasteiger partial charge < -0.3 is 9.84 Å². The maximum atomic E-state index is 11.6. The Morgan fingerprint density at radius 1 is 1.53 bits per heavy atom. The van der Waals surface area contributed by atoms with Gasteiger partial charge in [0.05, 0.1) is 18.2 Å². The van der Waals surface area contributed by atoms with Crippen LogP contribution in [0.4, 0.5) is 10.5 Å². The van der Waals surface area contributed by atoms with Gasteiger partial charge in [-0.15, -0.1) is 0 Å². The molecule has 0 radical (unpaired) electrons. The second kappa shape index (κ2) is 4.75. The van der Waals surface area contributed by atoms with E-state index in [1.807, 2.05) is 6.07 Å². The van der Waals surface area contributed by atoms with Crippen LogP contribution in [-0.4, -0.2) is 29.8 Å². The lowest BCUT2D eigenvalue weighted by atomic mass is 10.2. The molecule has 0 aliphatic carbocycles. The number of nitrogens with zero attached hydrogens (tertiary/aromatic N) is 1. The number of carboxylic acids is 1. The average molecular weight is 300 g/mol. The number of ether oxygens (including phenoxy) is 1. The number of hydrogen-bond acceptors (Lipinski definition) is 3. The third-order valence-corrected chi connectivity index (χ3v) is 3.15. The first kappa shape index (κ1) is 11.9. The minimum absolute atomic E-state index is 0.104. The van der Waals surface area contributed by atoms with Crippen molar-refractivity contribution in [1.29, 1.82) is 0 Å². The zero-order chi connectivity index (χ0) is 12.4. The smallest absolute Gasteiger partial charge is 0.414 e. The van der Waals surface area contributed by atoms with Gasteiger partial charge >= 0.3 is 12.1 Å². The Hall–Kier alpha value is -1.56. The van der Waals surface area contributed by atoms with Crippen molar-refractivity contribution in [2.24, 2.45) is 0 Å². The van der Waals surface area contributed by atoms with Crippen LogP contribution in [0.3, 0.4) is 0 Å². The summed E-state index contributed by atoms with van der Waals surface area (Å²) in [6.07, 6.45) is -0.643. The summed E-state index contributed by atoms with van der Waals surface area (Å²) in [6.45, 7) is 0.104. The van der Waals surface area contributed by atoms with Crippen LogP contribution < -0.4 is 4.90 Å². The standard InChI is InChI=1S/C11H10BrNO4/c12-8-3-1-2-4-9(8)13-7(5-10(14)15)6-17-11(13)16/h1-4,7H,5-6H2,(H,14,15). The number of para-hydroxylation sites is 1. The van der Waals surface area contributed by atoms with Crippen molar-refractivity contribution in [3.05, 3.63) is 28.7 Å². The Balaban J connectivity index is 2.31. The molecule has 17 heavy (non-hydrogen) atoms. The van der Waals surface area contributed by atoms with E-state index in [4.69, 9.17) is 9.84 Å². The minimum Gasteiger partial charge on any atom is -0.481 e.